The molecule has 1 aromatic rings. The van der Waals surface area contributed by atoms with Gasteiger partial charge in [-0.05, 0) is 68.9 Å². The smallest absolute Gasteiger partial charge is 0.200 e. The van der Waals surface area contributed by atoms with Crippen molar-refractivity contribution < 1.29 is 23.0 Å². The van der Waals surface area contributed by atoms with Gasteiger partial charge in [0, 0.05) is 11.8 Å². The second kappa shape index (κ2) is 11.3. The van der Waals surface area contributed by atoms with Crippen LogP contribution in [0.5, 0.6) is 5.75 Å². The van der Waals surface area contributed by atoms with Gasteiger partial charge in [-0.25, -0.2) is 4.39 Å². The van der Waals surface area contributed by atoms with E-state index in [9.17, 15) is 8.78 Å². The van der Waals surface area contributed by atoms with Gasteiger partial charge in [-0.15, -0.1) is 0 Å². The molecule has 3 aliphatic rings. The molecule has 2 heterocycles. The van der Waals surface area contributed by atoms with Gasteiger partial charge in [0.1, 0.15) is 0 Å². The summed E-state index contributed by atoms with van der Waals surface area (Å²) in [6.45, 7) is 5.58. The van der Waals surface area contributed by atoms with Crippen molar-refractivity contribution in [1.29, 1.82) is 0 Å². The number of benzene rings is 1. The quantitative estimate of drug-likeness (QED) is 0.446. The fraction of sp³-hybridized carbons (Fsp3) is 0.778. The van der Waals surface area contributed by atoms with Gasteiger partial charge in [0.15, 0.2) is 11.6 Å². The second-order valence-electron chi connectivity index (χ2n) is 10.1. The Balaban J connectivity index is 1.23. The van der Waals surface area contributed by atoms with E-state index in [4.69, 9.17) is 14.2 Å². The van der Waals surface area contributed by atoms with Crippen molar-refractivity contribution in [2.75, 3.05) is 19.8 Å². The molecule has 2 saturated heterocycles. The Morgan fingerprint density at radius 3 is 2.12 bits per heavy atom. The molecule has 3 fully saturated rings. The molecule has 3 nitrogen and oxygen atoms in total. The fourth-order valence-electron chi connectivity index (χ4n) is 6.23. The molecule has 0 bridgehead atoms. The van der Waals surface area contributed by atoms with E-state index < -0.39 is 11.6 Å². The van der Waals surface area contributed by atoms with Crippen LogP contribution in [0.2, 0.25) is 0 Å². The number of hydrogen-bond acceptors (Lipinski definition) is 3. The Bertz CT molecular complexity index is 716. The first kappa shape index (κ1) is 23.9. The third kappa shape index (κ3) is 5.47. The Morgan fingerprint density at radius 2 is 1.50 bits per heavy atom. The van der Waals surface area contributed by atoms with Crippen LogP contribution in [0.1, 0.15) is 89.5 Å². The molecular weight excluding hydrogens is 410 g/mol. The van der Waals surface area contributed by atoms with Gasteiger partial charge in [-0.1, -0.05) is 38.7 Å². The maximum atomic E-state index is 14.6. The third-order valence-electron chi connectivity index (χ3n) is 8.11. The van der Waals surface area contributed by atoms with E-state index in [0.29, 0.717) is 30.8 Å². The van der Waals surface area contributed by atoms with Gasteiger partial charge in [-0.3, -0.25) is 0 Å². The van der Waals surface area contributed by atoms with Crippen molar-refractivity contribution in [1.82, 2.24) is 0 Å². The molecule has 0 amide bonds. The number of rotatable bonds is 7. The van der Waals surface area contributed by atoms with Crippen LogP contribution in [0, 0.1) is 29.4 Å². The first-order valence-electron chi connectivity index (χ1n) is 12.9. The molecule has 4 atom stereocenters. The van der Waals surface area contributed by atoms with Crippen molar-refractivity contribution in [3.05, 3.63) is 29.3 Å². The molecule has 0 N–H and O–H groups in total. The highest BCUT2D eigenvalue weighted by atomic mass is 19.2. The summed E-state index contributed by atoms with van der Waals surface area (Å²) >= 11 is 0. The van der Waals surface area contributed by atoms with Crippen LogP contribution in [0.15, 0.2) is 12.1 Å². The van der Waals surface area contributed by atoms with Crippen LogP contribution in [-0.2, 0) is 9.47 Å². The molecule has 5 heteroatoms. The molecule has 4 unspecified atom stereocenters. The minimum atomic E-state index is -0.887. The van der Waals surface area contributed by atoms with Crippen LogP contribution < -0.4 is 4.74 Å². The normalized spacial score (nSPS) is 33.8. The molecule has 1 aromatic carbocycles. The minimum Gasteiger partial charge on any atom is -0.491 e. The van der Waals surface area contributed by atoms with Crippen LogP contribution in [-0.4, -0.2) is 32.0 Å². The average Bonchev–Trinajstić information content (AvgIpc) is 2.83. The van der Waals surface area contributed by atoms with Gasteiger partial charge in [0.25, 0.3) is 0 Å². The summed E-state index contributed by atoms with van der Waals surface area (Å²) in [5.41, 5.74) is 0.406. The van der Waals surface area contributed by atoms with E-state index in [-0.39, 0.29) is 17.8 Å². The molecule has 0 radical (unpaired) electrons. The molecule has 180 valence electrons. The fourth-order valence-corrected chi connectivity index (χ4v) is 6.23. The largest absolute Gasteiger partial charge is 0.491 e. The van der Waals surface area contributed by atoms with Crippen molar-refractivity contribution in [2.45, 2.75) is 96.2 Å². The average molecular weight is 451 g/mol. The van der Waals surface area contributed by atoms with Crippen LogP contribution in [0.3, 0.4) is 0 Å². The summed E-state index contributed by atoms with van der Waals surface area (Å²) in [7, 11) is 0. The molecule has 4 rings (SSSR count). The van der Waals surface area contributed by atoms with Crippen LogP contribution in [0.4, 0.5) is 8.78 Å². The number of hydrogen-bond donors (Lipinski definition) is 0. The maximum Gasteiger partial charge on any atom is 0.200 e. The second-order valence-corrected chi connectivity index (χ2v) is 10.1. The summed E-state index contributed by atoms with van der Waals surface area (Å²) in [5.74, 6) is 0.291. The standard InChI is InChI=1S/C27H40F2O3/c1-3-5-18-6-8-19(9-7-18)23-14-11-21(17-32-23)24-13-10-20(16-31-24)22-12-15-25(30-4-2)27(29)26(22)28/h12,15,18-21,23-24H,3-11,13-14,16-17H2,1-2H3. The summed E-state index contributed by atoms with van der Waals surface area (Å²) in [5, 5.41) is 0. The van der Waals surface area contributed by atoms with Gasteiger partial charge < -0.3 is 14.2 Å². The highest BCUT2D eigenvalue weighted by Gasteiger charge is 2.36. The zero-order chi connectivity index (χ0) is 22.5. The Labute approximate surface area is 192 Å². The third-order valence-corrected chi connectivity index (χ3v) is 8.11. The van der Waals surface area contributed by atoms with Crippen molar-refractivity contribution >= 4 is 0 Å². The minimum absolute atomic E-state index is 0.0175. The highest BCUT2D eigenvalue weighted by Crippen LogP contribution is 2.40. The van der Waals surface area contributed by atoms with Gasteiger partial charge in [0.2, 0.25) is 5.82 Å². The molecule has 32 heavy (non-hydrogen) atoms. The number of halogens is 2. The molecular formula is C27H40F2O3. The lowest BCUT2D eigenvalue weighted by atomic mass is 9.75. The van der Waals surface area contributed by atoms with E-state index in [1.165, 1.54) is 44.6 Å². The zero-order valence-corrected chi connectivity index (χ0v) is 19.8. The summed E-state index contributed by atoms with van der Waals surface area (Å²) in [6.07, 6.45) is 12.7. The summed E-state index contributed by atoms with van der Waals surface area (Å²) < 4.78 is 46.5. The van der Waals surface area contributed by atoms with Crippen LogP contribution in [0.25, 0.3) is 0 Å². The Hall–Kier alpha value is -1.20. The first-order valence-corrected chi connectivity index (χ1v) is 12.9. The van der Waals surface area contributed by atoms with Crippen molar-refractivity contribution in [3.63, 3.8) is 0 Å². The monoisotopic (exact) mass is 450 g/mol. The van der Waals surface area contributed by atoms with E-state index in [1.807, 2.05) is 0 Å². The van der Waals surface area contributed by atoms with Gasteiger partial charge >= 0.3 is 0 Å². The maximum absolute atomic E-state index is 14.6. The summed E-state index contributed by atoms with van der Waals surface area (Å²) in [6, 6.07) is 3.19. The molecule has 0 aromatic heterocycles. The SMILES string of the molecule is CCCC1CCC(C2CCC(C3CCC(c4ccc(OCC)c(F)c4F)CO3)CO2)CC1. The van der Waals surface area contributed by atoms with E-state index in [2.05, 4.69) is 6.92 Å². The first-order chi connectivity index (χ1) is 15.6. The van der Waals surface area contributed by atoms with Crippen LogP contribution >= 0.6 is 0 Å². The highest BCUT2D eigenvalue weighted by molar-refractivity contribution is 5.33. The van der Waals surface area contributed by atoms with E-state index in [1.54, 1.807) is 13.0 Å². The molecule has 1 saturated carbocycles. The molecule has 1 aliphatic carbocycles. The lowest BCUT2D eigenvalue weighted by Crippen LogP contribution is -2.40. The summed E-state index contributed by atoms with van der Waals surface area (Å²) in [4.78, 5) is 0. The van der Waals surface area contributed by atoms with Gasteiger partial charge in [0.05, 0.1) is 32.0 Å². The Kier molecular flexibility index (Phi) is 8.44. The van der Waals surface area contributed by atoms with Crippen molar-refractivity contribution in [3.8, 4) is 5.75 Å². The van der Waals surface area contributed by atoms with E-state index in [0.717, 1.165) is 44.1 Å². The predicted octanol–water partition coefficient (Wildman–Crippen LogP) is 7.03. The number of ether oxygens (including phenoxy) is 3. The lowest BCUT2D eigenvalue weighted by molar-refractivity contribution is -0.112. The lowest BCUT2D eigenvalue weighted by Gasteiger charge is -2.41. The Morgan fingerprint density at radius 1 is 0.812 bits per heavy atom. The molecule has 2 aliphatic heterocycles. The van der Waals surface area contributed by atoms with Gasteiger partial charge in [-0.2, -0.15) is 4.39 Å². The van der Waals surface area contributed by atoms with E-state index >= 15 is 0 Å². The topological polar surface area (TPSA) is 27.7 Å². The zero-order valence-electron chi connectivity index (χ0n) is 19.8. The predicted molar refractivity (Wildman–Crippen MR) is 122 cm³/mol. The molecule has 0 spiro atoms. The van der Waals surface area contributed by atoms with Crippen molar-refractivity contribution in [2.24, 2.45) is 17.8 Å².